The predicted octanol–water partition coefficient (Wildman–Crippen LogP) is 6.91. The molecule has 0 aliphatic rings. The Labute approximate surface area is 206 Å². The normalized spacial score (nSPS) is 12.0. The van der Waals surface area contributed by atoms with Crippen LogP contribution in [0.15, 0.2) is 85.1 Å². The Hall–Kier alpha value is -3.61. The van der Waals surface area contributed by atoms with Crippen molar-refractivity contribution in [2.75, 3.05) is 6.61 Å². The van der Waals surface area contributed by atoms with Crippen molar-refractivity contribution in [3.8, 4) is 17.4 Å². The summed E-state index contributed by atoms with van der Waals surface area (Å²) in [6, 6.07) is 19.0. The smallest absolute Gasteiger partial charge is 0.338 e. The summed E-state index contributed by atoms with van der Waals surface area (Å²) < 4.78 is 16.9. The topological polar surface area (TPSA) is 70.5 Å². The SMILES string of the molecule is CC(C=CCOC(=O)c1ccc(Cl)cc1)Oc1ccc(Oc2cnc3cc(Cl)ccc3n2)cc1. The van der Waals surface area contributed by atoms with Gasteiger partial charge in [0.15, 0.2) is 0 Å². The first-order chi connectivity index (χ1) is 16.5. The lowest BCUT2D eigenvalue weighted by molar-refractivity contribution is 0.0548. The van der Waals surface area contributed by atoms with Gasteiger partial charge in [0.05, 0.1) is 22.8 Å². The summed E-state index contributed by atoms with van der Waals surface area (Å²) in [5.41, 5.74) is 1.84. The fourth-order valence-corrected chi connectivity index (χ4v) is 3.31. The molecule has 1 aromatic heterocycles. The monoisotopic (exact) mass is 494 g/mol. The average Bonchev–Trinajstić information content (AvgIpc) is 2.83. The van der Waals surface area contributed by atoms with Crippen LogP contribution in [0.4, 0.5) is 0 Å². The minimum atomic E-state index is -0.412. The number of ether oxygens (including phenoxy) is 3. The first kappa shape index (κ1) is 23.5. The van der Waals surface area contributed by atoms with Gasteiger partial charge in [-0.15, -0.1) is 0 Å². The summed E-state index contributed by atoms with van der Waals surface area (Å²) in [6.07, 6.45) is 4.88. The van der Waals surface area contributed by atoms with E-state index in [-0.39, 0.29) is 12.7 Å². The molecule has 0 amide bonds. The first-order valence-corrected chi connectivity index (χ1v) is 11.2. The molecule has 1 unspecified atom stereocenters. The van der Waals surface area contributed by atoms with Gasteiger partial charge in [0.25, 0.3) is 0 Å². The van der Waals surface area contributed by atoms with E-state index in [1.807, 2.05) is 13.0 Å². The second-order valence-electron chi connectivity index (χ2n) is 7.27. The molecule has 4 aromatic rings. The lowest BCUT2D eigenvalue weighted by Crippen LogP contribution is -2.09. The molecule has 172 valence electrons. The van der Waals surface area contributed by atoms with Gasteiger partial charge in [-0.05, 0) is 85.8 Å². The quantitative estimate of drug-likeness (QED) is 0.195. The summed E-state index contributed by atoms with van der Waals surface area (Å²) >= 11 is 11.8. The fourth-order valence-electron chi connectivity index (χ4n) is 3.02. The Balaban J connectivity index is 1.26. The molecular weight excluding hydrogens is 475 g/mol. The third-order valence-electron chi connectivity index (χ3n) is 4.65. The summed E-state index contributed by atoms with van der Waals surface area (Å²) in [5.74, 6) is 1.24. The molecule has 0 aliphatic heterocycles. The number of aromatic nitrogens is 2. The highest BCUT2D eigenvalue weighted by Gasteiger charge is 2.07. The van der Waals surface area contributed by atoms with Crippen LogP contribution in [0.1, 0.15) is 17.3 Å². The maximum atomic E-state index is 12.0. The Morgan fingerprint density at radius 1 is 0.941 bits per heavy atom. The van der Waals surface area contributed by atoms with E-state index in [0.29, 0.717) is 44.0 Å². The van der Waals surface area contributed by atoms with E-state index in [9.17, 15) is 4.79 Å². The van der Waals surface area contributed by atoms with Gasteiger partial charge in [-0.1, -0.05) is 23.2 Å². The van der Waals surface area contributed by atoms with Gasteiger partial charge in [-0.25, -0.2) is 14.8 Å². The van der Waals surface area contributed by atoms with E-state index in [2.05, 4.69) is 9.97 Å². The van der Waals surface area contributed by atoms with Crippen molar-refractivity contribution in [1.82, 2.24) is 9.97 Å². The first-order valence-electron chi connectivity index (χ1n) is 10.4. The van der Waals surface area contributed by atoms with Crippen LogP contribution in [0.25, 0.3) is 11.0 Å². The number of carbonyl (C=O) groups is 1. The molecule has 34 heavy (non-hydrogen) atoms. The number of nitrogens with zero attached hydrogens (tertiary/aromatic N) is 2. The number of hydrogen-bond acceptors (Lipinski definition) is 6. The maximum Gasteiger partial charge on any atom is 0.338 e. The van der Waals surface area contributed by atoms with Crippen molar-refractivity contribution in [3.63, 3.8) is 0 Å². The van der Waals surface area contributed by atoms with Crippen LogP contribution >= 0.6 is 23.2 Å². The van der Waals surface area contributed by atoms with Crippen LogP contribution in [-0.2, 0) is 4.74 Å². The van der Waals surface area contributed by atoms with Gasteiger partial charge in [0, 0.05) is 10.0 Å². The number of carbonyl (C=O) groups excluding carboxylic acids is 1. The minimum absolute atomic E-state index is 0.140. The lowest BCUT2D eigenvalue weighted by atomic mass is 10.2. The minimum Gasteiger partial charge on any atom is -0.487 e. The molecule has 0 fully saturated rings. The van der Waals surface area contributed by atoms with E-state index in [4.69, 9.17) is 37.4 Å². The summed E-state index contributed by atoms with van der Waals surface area (Å²) in [5, 5.41) is 1.17. The number of esters is 1. The molecule has 0 spiro atoms. The summed E-state index contributed by atoms with van der Waals surface area (Å²) in [7, 11) is 0. The van der Waals surface area contributed by atoms with Gasteiger partial charge in [0.1, 0.15) is 24.2 Å². The highest BCUT2D eigenvalue weighted by molar-refractivity contribution is 6.31. The highest BCUT2D eigenvalue weighted by atomic mass is 35.5. The molecule has 0 bridgehead atoms. The number of halogens is 2. The Kier molecular flexibility index (Phi) is 7.62. The van der Waals surface area contributed by atoms with E-state index in [1.54, 1.807) is 79.0 Å². The van der Waals surface area contributed by atoms with Crippen molar-refractivity contribution in [2.24, 2.45) is 0 Å². The molecule has 6 nitrogen and oxygen atoms in total. The molecule has 4 rings (SSSR count). The number of rotatable bonds is 8. The molecule has 0 aliphatic carbocycles. The maximum absolute atomic E-state index is 12.0. The van der Waals surface area contributed by atoms with Crippen LogP contribution in [-0.4, -0.2) is 28.6 Å². The van der Waals surface area contributed by atoms with E-state index < -0.39 is 5.97 Å². The van der Waals surface area contributed by atoms with Gasteiger partial charge < -0.3 is 14.2 Å². The fraction of sp³-hybridized carbons (Fsp3) is 0.115. The van der Waals surface area contributed by atoms with Gasteiger partial charge >= 0.3 is 5.97 Å². The zero-order chi connectivity index (χ0) is 23.9. The van der Waals surface area contributed by atoms with Gasteiger partial charge in [0.2, 0.25) is 5.88 Å². The second-order valence-corrected chi connectivity index (χ2v) is 8.14. The average molecular weight is 495 g/mol. The zero-order valence-electron chi connectivity index (χ0n) is 18.2. The molecule has 1 heterocycles. The van der Waals surface area contributed by atoms with Crippen LogP contribution < -0.4 is 9.47 Å². The van der Waals surface area contributed by atoms with E-state index >= 15 is 0 Å². The van der Waals surface area contributed by atoms with Crippen LogP contribution in [0.3, 0.4) is 0 Å². The van der Waals surface area contributed by atoms with E-state index in [0.717, 1.165) is 0 Å². The van der Waals surface area contributed by atoms with Crippen molar-refractivity contribution >= 4 is 40.2 Å². The van der Waals surface area contributed by atoms with Crippen LogP contribution in [0.2, 0.25) is 10.0 Å². The van der Waals surface area contributed by atoms with Crippen molar-refractivity contribution in [2.45, 2.75) is 13.0 Å². The molecule has 0 radical (unpaired) electrons. The molecule has 0 saturated heterocycles. The zero-order valence-corrected chi connectivity index (χ0v) is 19.7. The number of hydrogen-bond donors (Lipinski definition) is 0. The Morgan fingerprint density at radius 2 is 1.65 bits per heavy atom. The van der Waals surface area contributed by atoms with Gasteiger partial charge in [-0.3, -0.25) is 0 Å². The Bertz CT molecular complexity index is 1310. The van der Waals surface area contributed by atoms with Gasteiger partial charge in [-0.2, -0.15) is 0 Å². The predicted molar refractivity (Wildman–Crippen MR) is 132 cm³/mol. The Morgan fingerprint density at radius 3 is 2.41 bits per heavy atom. The lowest BCUT2D eigenvalue weighted by Gasteiger charge is -2.12. The van der Waals surface area contributed by atoms with Crippen molar-refractivity contribution < 1.29 is 19.0 Å². The molecule has 1 atom stereocenters. The molecule has 0 saturated carbocycles. The molecule has 8 heteroatoms. The third-order valence-corrected chi connectivity index (χ3v) is 5.14. The van der Waals surface area contributed by atoms with E-state index in [1.165, 1.54) is 0 Å². The van der Waals surface area contributed by atoms with Crippen LogP contribution in [0, 0.1) is 0 Å². The standard InChI is InChI=1S/C26H20Cl2N2O4/c1-17(3-2-14-32-26(31)18-4-6-19(27)7-5-18)33-21-9-11-22(12-10-21)34-25-16-29-24-15-20(28)8-13-23(24)30-25/h2-13,15-17H,14H2,1H3. The van der Waals surface area contributed by atoms with Crippen molar-refractivity contribution in [1.29, 1.82) is 0 Å². The highest BCUT2D eigenvalue weighted by Crippen LogP contribution is 2.25. The third kappa shape index (κ3) is 6.47. The molecular formula is C26H20Cl2N2O4. The number of fused-ring (bicyclic) bond motifs is 1. The van der Waals surface area contributed by atoms with Crippen LogP contribution in [0.5, 0.6) is 17.4 Å². The summed E-state index contributed by atoms with van der Waals surface area (Å²) in [4.78, 5) is 20.7. The number of benzene rings is 3. The second kappa shape index (κ2) is 11.0. The summed E-state index contributed by atoms with van der Waals surface area (Å²) in [6.45, 7) is 2.03. The largest absolute Gasteiger partial charge is 0.487 e. The van der Waals surface area contributed by atoms with Crippen molar-refractivity contribution in [3.05, 3.63) is 101 Å². The molecule has 0 N–H and O–H groups in total. The molecule has 3 aromatic carbocycles.